The molecule has 1 aliphatic heterocycles. The van der Waals surface area contributed by atoms with Gasteiger partial charge < -0.3 is 9.42 Å². The van der Waals surface area contributed by atoms with Crippen LogP contribution in [0.4, 0.5) is 0 Å². The van der Waals surface area contributed by atoms with Gasteiger partial charge in [0, 0.05) is 24.4 Å². The Labute approximate surface area is 154 Å². The third-order valence-corrected chi connectivity index (χ3v) is 5.58. The zero-order chi connectivity index (χ0) is 18.1. The molecule has 0 spiro atoms. The summed E-state index contributed by atoms with van der Waals surface area (Å²) in [6.07, 6.45) is 4.26. The van der Waals surface area contributed by atoms with Crippen molar-refractivity contribution in [2.24, 2.45) is 0 Å². The van der Waals surface area contributed by atoms with E-state index in [9.17, 15) is 4.79 Å². The van der Waals surface area contributed by atoms with Crippen LogP contribution in [0.2, 0.25) is 0 Å². The molecule has 0 unspecified atom stereocenters. The summed E-state index contributed by atoms with van der Waals surface area (Å²) in [4.78, 5) is 20.7. The molecule has 4 rings (SSSR count). The highest BCUT2D eigenvalue weighted by atomic mass is 32.1. The predicted molar refractivity (Wildman–Crippen MR) is 95.9 cm³/mol. The van der Waals surface area contributed by atoms with Crippen LogP contribution >= 0.6 is 11.3 Å². The summed E-state index contributed by atoms with van der Waals surface area (Å²) in [7, 11) is 0. The van der Waals surface area contributed by atoms with Crippen LogP contribution in [0.3, 0.4) is 0 Å². The number of carbonyl (C=O) groups excluding carboxylic acids is 1. The predicted octanol–water partition coefficient (Wildman–Crippen LogP) is 2.74. The van der Waals surface area contributed by atoms with Gasteiger partial charge in [0.2, 0.25) is 0 Å². The molecule has 136 valence electrons. The molecule has 1 fully saturated rings. The van der Waals surface area contributed by atoms with Crippen LogP contribution in [0.15, 0.2) is 22.9 Å². The Hall–Kier alpha value is -2.55. The van der Waals surface area contributed by atoms with Crippen molar-refractivity contribution in [1.82, 2.24) is 30.0 Å². The van der Waals surface area contributed by atoms with Gasteiger partial charge in [-0.2, -0.15) is 4.98 Å². The Balaban J connectivity index is 1.40. The largest absolute Gasteiger partial charge is 0.338 e. The SMILES string of the molecule is CCc1noc(-c2cn(C3CCN(C(=O)c4ccc(C)s4)CC3)nn2)n1. The smallest absolute Gasteiger partial charge is 0.280 e. The molecule has 0 saturated carbocycles. The highest BCUT2D eigenvalue weighted by Crippen LogP contribution is 2.26. The van der Waals surface area contributed by atoms with Crippen molar-refractivity contribution in [1.29, 1.82) is 0 Å². The number of hydrogen-bond acceptors (Lipinski definition) is 7. The number of aryl methyl sites for hydroxylation is 2. The molecule has 3 aromatic rings. The van der Waals surface area contributed by atoms with E-state index in [-0.39, 0.29) is 11.9 Å². The van der Waals surface area contributed by atoms with E-state index in [1.807, 2.05) is 41.8 Å². The van der Waals surface area contributed by atoms with Crippen LogP contribution < -0.4 is 0 Å². The van der Waals surface area contributed by atoms with Gasteiger partial charge in [0.1, 0.15) is 0 Å². The van der Waals surface area contributed by atoms with E-state index < -0.39 is 0 Å². The fourth-order valence-corrected chi connectivity index (χ4v) is 3.93. The second-order valence-corrected chi connectivity index (χ2v) is 7.67. The molecule has 26 heavy (non-hydrogen) atoms. The Morgan fingerprint density at radius 2 is 2.15 bits per heavy atom. The summed E-state index contributed by atoms with van der Waals surface area (Å²) in [6, 6.07) is 4.12. The maximum Gasteiger partial charge on any atom is 0.280 e. The topological polar surface area (TPSA) is 89.9 Å². The van der Waals surface area contributed by atoms with Gasteiger partial charge >= 0.3 is 0 Å². The first kappa shape index (κ1) is 16.9. The maximum absolute atomic E-state index is 12.6. The zero-order valence-electron chi connectivity index (χ0n) is 14.8. The number of piperidine rings is 1. The minimum absolute atomic E-state index is 0.124. The van der Waals surface area contributed by atoms with E-state index in [0.717, 1.165) is 35.7 Å². The highest BCUT2D eigenvalue weighted by molar-refractivity contribution is 7.13. The minimum atomic E-state index is 0.124. The average molecular weight is 372 g/mol. The molecule has 4 heterocycles. The third kappa shape index (κ3) is 3.26. The molecule has 8 nitrogen and oxygen atoms in total. The van der Waals surface area contributed by atoms with Crippen molar-refractivity contribution in [2.75, 3.05) is 13.1 Å². The number of hydrogen-bond donors (Lipinski definition) is 0. The summed E-state index contributed by atoms with van der Waals surface area (Å²) in [5.41, 5.74) is 0.588. The maximum atomic E-state index is 12.6. The Morgan fingerprint density at radius 1 is 1.35 bits per heavy atom. The number of thiophene rings is 1. The second-order valence-electron chi connectivity index (χ2n) is 6.39. The number of rotatable bonds is 4. The molecule has 0 radical (unpaired) electrons. The zero-order valence-corrected chi connectivity index (χ0v) is 15.6. The quantitative estimate of drug-likeness (QED) is 0.699. The van der Waals surface area contributed by atoms with Gasteiger partial charge in [-0.3, -0.25) is 4.79 Å². The van der Waals surface area contributed by atoms with Crippen molar-refractivity contribution in [2.45, 2.75) is 39.2 Å². The number of nitrogens with zero attached hydrogens (tertiary/aromatic N) is 6. The Morgan fingerprint density at radius 3 is 2.81 bits per heavy atom. The third-order valence-electron chi connectivity index (χ3n) is 4.59. The summed E-state index contributed by atoms with van der Waals surface area (Å²) < 4.78 is 7.06. The fourth-order valence-electron chi connectivity index (χ4n) is 3.09. The fraction of sp³-hybridized carbons (Fsp3) is 0.471. The molecule has 1 saturated heterocycles. The van der Waals surface area contributed by atoms with Crippen molar-refractivity contribution >= 4 is 17.2 Å². The summed E-state index contributed by atoms with van der Waals surface area (Å²) in [5.74, 6) is 1.18. The normalized spacial score (nSPS) is 15.5. The first-order chi connectivity index (χ1) is 12.6. The van der Waals surface area contributed by atoms with Gasteiger partial charge in [-0.05, 0) is 31.9 Å². The summed E-state index contributed by atoms with van der Waals surface area (Å²) in [5, 5.41) is 12.3. The van der Waals surface area contributed by atoms with Crippen LogP contribution in [0.25, 0.3) is 11.6 Å². The molecular weight excluding hydrogens is 352 g/mol. The lowest BCUT2D eigenvalue weighted by Gasteiger charge is -2.31. The first-order valence-corrected chi connectivity index (χ1v) is 9.56. The standard InChI is InChI=1S/C17H20N6O2S/c1-3-15-18-16(25-20-15)13-10-23(21-19-13)12-6-8-22(9-7-12)17(24)14-5-4-11(2)26-14/h4-5,10,12H,3,6-9H2,1-2H3. The summed E-state index contributed by atoms with van der Waals surface area (Å²) >= 11 is 1.55. The van der Waals surface area contributed by atoms with Gasteiger partial charge in [-0.25, -0.2) is 4.68 Å². The molecule has 9 heteroatoms. The molecule has 0 atom stereocenters. The van der Waals surface area contributed by atoms with Gasteiger partial charge in [-0.1, -0.05) is 17.3 Å². The molecule has 0 aromatic carbocycles. The first-order valence-electron chi connectivity index (χ1n) is 8.74. The van der Waals surface area contributed by atoms with Crippen LogP contribution in [0.1, 0.15) is 46.2 Å². The Bertz CT molecular complexity index is 906. The molecule has 0 bridgehead atoms. The van der Waals surface area contributed by atoms with Crippen LogP contribution in [-0.4, -0.2) is 49.0 Å². The van der Waals surface area contributed by atoms with E-state index in [2.05, 4.69) is 20.5 Å². The average Bonchev–Trinajstić information content (AvgIpc) is 3.41. The molecular formula is C17H20N6O2S. The lowest BCUT2D eigenvalue weighted by atomic mass is 10.1. The Kier molecular flexibility index (Phi) is 4.54. The van der Waals surface area contributed by atoms with E-state index in [4.69, 9.17) is 4.52 Å². The molecule has 3 aromatic heterocycles. The molecule has 1 aliphatic rings. The lowest BCUT2D eigenvalue weighted by Crippen LogP contribution is -2.38. The minimum Gasteiger partial charge on any atom is -0.338 e. The second kappa shape index (κ2) is 6.99. The van der Waals surface area contributed by atoms with Crippen LogP contribution in [0, 0.1) is 6.92 Å². The number of amides is 1. The van der Waals surface area contributed by atoms with E-state index in [1.165, 1.54) is 0 Å². The van der Waals surface area contributed by atoms with Gasteiger partial charge in [-0.15, -0.1) is 16.4 Å². The monoisotopic (exact) mass is 372 g/mol. The van der Waals surface area contributed by atoms with Gasteiger partial charge in [0.05, 0.1) is 17.1 Å². The van der Waals surface area contributed by atoms with Crippen molar-refractivity contribution in [3.05, 3.63) is 33.9 Å². The van der Waals surface area contributed by atoms with Crippen LogP contribution in [0.5, 0.6) is 0 Å². The lowest BCUT2D eigenvalue weighted by molar-refractivity contribution is 0.0694. The van der Waals surface area contributed by atoms with Crippen molar-refractivity contribution in [3.63, 3.8) is 0 Å². The van der Waals surface area contributed by atoms with Gasteiger partial charge in [0.15, 0.2) is 11.5 Å². The molecule has 0 aliphatic carbocycles. The van der Waals surface area contributed by atoms with E-state index in [0.29, 0.717) is 23.8 Å². The van der Waals surface area contributed by atoms with Gasteiger partial charge in [0.25, 0.3) is 11.8 Å². The van der Waals surface area contributed by atoms with E-state index >= 15 is 0 Å². The number of carbonyl (C=O) groups is 1. The molecule has 0 N–H and O–H groups in total. The number of aromatic nitrogens is 5. The molecule has 1 amide bonds. The van der Waals surface area contributed by atoms with Crippen LogP contribution in [-0.2, 0) is 6.42 Å². The van der Waals surface area contributed by atoms with Crippen molar-refractivity contribution < 1.29 is 9.32 Å². The highest BCUT2D eigenvalue weighted by Gasteiger charge is 2.26. The van der Waals surface area contributed by atoms with Crippen molar-refractivity contribution in [3.8, 4) is 11.6 Å². The number of likely N-dealkylation sites (tertiary alicyclic amines) is 1. The summed E-state index contributed by atoms with van der Waals surface area (Å²) in [6.45, 7) is 5.42. The van der Waals surface area contributed by atoms with E-state index in [1.54, 1.807) is 11.3 Å².